The predicted octanol–water partition coefficient (Wildman–Crippen LogP) is 5.18. The molecule has 2 aromatic carbocycles. The quantitative estimate of drug-likeness (QED) is 0.280. The summed E-state index contributed by atoms with van der Waals surface area (Å²) in [5, 5.41) is 9.81. The zero-order valence-corrected chi connectivity index (χ0v) is 19.6. The molecule has 8 heteroatoms. The van der Waals surface area contributed by atoms with E-state index in [0.717, 1.165) is 10.5 Å². The van der Waals surface area contributed by atoms with Gasteiger partial charge in [0.15, 0.2) is 0 Å². The number of benzene rings is 2. The van der Waals surface area contributed by atoms with Gasteiger partial charge in [-0.2, -0.15) is 5.26 Å². The molecule has 0 radical (unpaired) electrons. The summed E-state index contributed by atoms with van der Waals surface area (Å²) in [6.07, 6.45) is 1.50. The molecule has 0 spiro atoms. The van der Waals surface area contributed by atoms with Gasteiger partial charge in [0.1, 0.15) is 29.8 Å². The topological polar surface area (TPSA) is 101 Å². The highest BCUT2D eigenvalue weighted by atomic mass is 35.5. The fourth-order valence-electron chi connectivity index (χ4n) is 3.54. The summed E-state index contributed by atoms with van der Waals surface area (Å²) in [5.74, 6) is -0.720. The van der Waals surface area contributed by atoms with Crippen molar-refractivity contribution >= 4 is 35.5 Å². The second kappa shape index (κ2) is 9.84. The van der Waals surface area contributed by atoms with Gasteiger partial charge in [-0.05, 0) is 48.9 Å². The molecular weight excluding hydrogens is 468 g/mol. The zero-order valence-electron chi connectivity index (χ0n) is 18.9. The number of carbonyl (C=O) groups excluding carboxylic acids is 3. The summed E-state index contributed by atoms with van der Waals surface area (Å²) in [5.41, 5.74) is 2.24. The molecule has 2 amide bonds. The highest BCUT2D eigenvalue weighted by molar-refractivity contribution is 6.31. The number of likely N-dealkylation sites (N-methyl/N-ethyl adjacent to an activating group) is 1. The van der Waals surface area contributed by atoms with Gasteiger partial charge in [0.05, 0.1) is 5.56 Å². The molecule has 7 nitrogen and oxygen atoms in total. The fraction of sp³-hybridized carbons (Fsp3) is 0.111. The van der Waals surface area contributed by atoms with E-state index in [0.29, 0.717) is 33.2 Å². The van der Waals surface area contributed by atoms with Gasteiger partial charge in [0.2, 0.25) is 0 Å². The molecule has 0 saturated heterocycles. The van der Waals surface area contributed by atoms with Crippen molar-refractivity contribution in [3.05, 3.63) is 99.3 Å². The number of carbonyl (C=O) groups is 3. The third kappa shape index (κ3) is 4.79. The standard InChI is InChI=1S/C27H19ClN2O5/c1-16-21(25(31)30(2)26(32)22(16)14-29)13-20-11-12-24(35-20)17-7-9-18(10-8-17)27(33)34-15-19-5-3-4-6-23(19)28/h3-13H,15H2,1-2H3/b21-13-. The lowest BCUT2D eigenvalue weighted by Gasteiger charge is -2.23. The third-order valence-electron chi connectivity index (χ3n) is 5.58. The van der Waals surface area contributed by atoms with E-state index >= 15 is 0 Å². The largest absolute Gasteiger partial charge is 0.457 e. The number of nitrogens with zero attached hydrogens (tertiary/aromatic N) is 2. The summed E-state index contributed by atoms with van der Waals surface area (Å²) >= 11 is 6.09. The van der Waals surface area contributed by atoms with Crippen molar-refractivity contribution in [2.45, 2.75) is 13.5 Å². The Morgan fingerprint density at radius 1 is 1.09 bits per heavy atom. The van der Waals surface area contributed by atoms with Crippen molar-refractivity contribution in [2.24, 2.45) is 0 Å². The van der Waals surface area contributed by atoms with Crippen LogP contribution in [0.3, 0.4) is 0 Å². The van der Waals surface area contributed by atoms with E-state index in [1.54, 1.807) is 61.5 Å². The van der Waals surface area contributed by atoms with Crippen molar-refractivity contribution < 1.29 is 23.5 Å². The highest BCUT2D eigenvalue weighted by Crippen LogP contribution is 2.29. The number of imide groups is 1. The summed E-state index contributed by atoms with van der Waals surface area (Å²) in [6.45, 7) is 1.62. The lowest BCUT2D eigenvalue weighted by Crippen LogP contribution is -2.39. The van der Waals surface area contributed by atoms with Gasteiger partial charge >= 0.3 is 5.97 Å². The van der Waals surface area contributed by atoms with Crippen molar-refractivity contribution in [3.63, 3.8) is 0 Å². The molecular formula is C27H19ClN2O5. The van der Waals surface area contributed by atoms with Crippen molar-refractivity contribution in [2.75, 3.05) is 7.05 Å². The minimum atomic E-state index is -0.627. The minimum absolute atomic E-state index is 0.0668. The van der Waals surface area contributed by atoms with Crippen LogP contribution in [0.1, 0.15) is 28.6 Å². The Balaban J connectivity index is 1.50. The second-order valence-electron chi connectivity index (χ2n) is 7.79. The van der Waals surface area contributed by atoms with Crippen LogP contribution in [0.4, 0.5) is 0 Å². The third-order valence-corrected chi connectivity index (χ3v) is 5.95. The van der Waals surface area contributed by atoms with Crippen molar-refractivity contribution in [1.82, 2.24) is 4.90 Å². The smallest absolute Gasteiger partial charge is 0.338 e. The molecule has 0 saturated carbocycles. The first kappa shape index (κ1) is 23.7. The first-order chi connectivity index (χ1) is 16.8. The Hall–Kier alpha value is -4.41. The van der Waals surface area contributed by atoms with Crippen LogP contribution < -0.4 is 0 Å². The van der Waals surface area contributed by atoms with E-state index in [2.05, 4.69) is 0 Å². The van der Waals surface area contributed by atoms with Gasteiger partial charge in [-0.3, -0.25) is 14.5 Å². The molecule has 0 unspecified atom stereocenters. The number of rotatable bonds is 5. The van der Waals surface area contributed by atoms with Crippen LogP contribution in [0, 0.1) is 11.3 Å². The van der Waals surface area contributed by atoms with Gasteiger partial charge in [-0.1, -0.05) is 41.9 Å². The van der Waals surface area contributed by atoms with E-state index < -0.39 is 17.8 Å². The summed E-state index contributed by atoms with van der Waals surface area (Å²) in [6, 6.07) is 19.1. The molecule has 2 heterocycles. The van der Waals surface area contributed by atoms with Gasteiger partial charge < -0.3 is 9.15 Å². The lowest BCUT2D eigenvalue weighted by atomic mass is 9.95. The Bertz CT molecular complexity index is 1440. The molecule has 0 atom stereocenters. The number of nitriles is 1. The SMILES string of the molecule is CC1=C(C#N)C(=O)N(C)C(=O)/C1=C\c1ccc(-c2ccc(C(=O)OCc3ccccc3Cl)cc2)o1. The Kier molecular flexibility index (Phi) is 6.67. The van der Waals surface area contributed by atoms with Gasteiger partial charge in [0, 0.05) is 28.8 Å². The minimum Gasteiger partial charge on any atom is -0.457 e. The summed E-state index contributed by atoms with van der Waals surface area (Å²) in [4.78, 5) is 37.9. The molecule has 0 aliphatic carbocycles. The molecule has 1 aromatic heterocycles. The average Bonchev–Trinajstić information content (AvgIpc) is 3.34. The molecule has 1 aliphatic rings. The fourth-order valence-corrected chi connectivity index (χ4v) is 3.73. The number of hydrogen-bond donors (Lipinski definition) is 0. The Labute approximate surface area is 206 Å². The van der Waals surface area contributed by atoms with E-state index in [4.69, 9.17) is 20.8 Å². The van der Waals surface area contributed by atoms with Crippen molar-refractivity contribution in [3.8, 4) is 17.4 Å². The molecule has 0 bridgehead atoms. The van der Waals surface area contributed by atoms with Gasteiger partial charge in [-0.25, -0.2) is 4.79 Å². The van der Waals surface area contributed by atoms with Crippen LogP contribution in [0.5, 0.6) is 0 Å². The molecule has 0 N–H and O–H groups in total. The monoisotopic (exact) mass is 486 g/mol. The van der Waals surface area contributed by atoms with Crippen molar-refractivity contribution in [1.29, 1.82) is 5.26 Å². The number of esters is 1. The number of furan rings is 1. The number of hydrogen-bond acceptors (Lipinski definition) is 6. The molecule has 4 rings (SSSR count). The number of ether oxygens (including phenoxy) is 1. The average molecular weight is 487 g/mol. The van der Waals surface area contributed by atoms with E-state index in [1.165, 1.54) is 13.1 Å². The molecule has 1 aliphatic heterocycles. The molecule has 35 heavy (non-hydrogen) atoms. The molecule has 174 valence electrons. The predicted molar refractivity (Wildman–Crippen MR) is 129 cm³/mol. The second-order valence-corrected chi connectivity index (χ2v) is 8.19. The zero-order chi connectivity index (χ0) is 25.1. The number of amides is 2. The summed E-state index contributed by atoms with van der Waals surface area (Å²) in [7, 11) is 1.33. The maximum atomic E-state index is 12.6. The van der Waals surface area contributed by atoms with Gasteiger partial charge in [0.25, 0.3) is 11.8 Å². The molecule has 0 fully saturated rings. The molecule has 3 aromatic rings. The van der Waals surface area contributed by atoms with Crippen LogP contribution in [-0.2, 0) is 20.9 Å². The van der Waals surface area contributed by atoms with Gasteiger partial charge in [-0.15, -0.1) is 0 Å². The first-order valence-corrected chi connectivity index (χ1v) is 10.9. The normalized spacial score (nSPS) is 14.9. The number of halogens is 1. The van der Waals surface area contributed by atoms with Crippen LogP contribution >= 0.6 is 11.6 Å². The lowest BCUT2D eigenvalue weighted by molar-refractivity contribution is -0.138. The van der Waals surface area contributed by atoms with E-state index in [9.17, 15) is 19.6 Å². The first-order valence-electron chi connectivity index (χ1n) is 10.6. The van der Waals surface area contributed by atoms with Crippen LogP contribution in [-0.4, -0.2) is 29.7 Å². The highest BCUT2D eigenvalue weighted by Gasteiger charge is 2.33. The maximum absolute atomic E-state index is 12.6. The van der Waals surface area contributed by atoms with Crippen LogP contribution in [0.2, 0.25) is 5.02 Å². The Morgan fingerprint density at radius 3 is 2.49 bits per heavy atom. The van der Waals surface area contributed by atoms with E-state index in [-0.39, 0.29) is 17.8 Å². The van der Waals surface area contributed by atoms with E-state index in [1.807, 2.05) is 12.1 Å². The van der Waals surface area contributed by atoms with Crippen LogP contribution in [0.25, 0.3) is 17.4 Å². The van der Waals surface area contributed by atoms with Crippen LogP contribution in [0.15, 0.2) is 81.8 Å². The Morgan fingerprint density at radius 2 is 1.80 bits per heavy atom. The summed E-state index contributed by atoms with van der Waals surface area (Å²) < 4.78 is 11.2. The maximum Gasteiger partial charge on any atom is 0.338 e.